The first-order chi connectivity index (χ1) is 11.9. The Bertz CT molecular complexity index is 722. The minimum atomic E-state index is -4.46. The summed E-state index contributed by atoms with van der Waals surface area (Å²) in [5.41, 5.74) is 5.62. The van der Waals surface area contributed by atoms with E-state index in [1.807, 2.05) is 0 Å². The fraction of sp³-hybridized carbons (Fsp3) is 0.235. The van der Waals surface area contributed by atoms with E-state index in [2.05, 4.69) is 10.3 Å². The van der Waals surface area contributed by atoms with Crippen LogP contribution in [0.2, 0.25) is 0 Å². The molecule has 0 bridgehead atoms. The standard InChI is InChI=1S/C17H18F3N3O2.HI/c1-24-13-8-6-12(7-9-13)23-16(21)22-10-11-25-15-5-3-2-4-14(15)17(18,19)20;/h2-9H,10-11H2,1H3,(H3,21,22,23);1H. The van der Waals surface area contributed by atoms with E-state index < -0.39 is 11.7 Å². The second kappa shape index (κ2) is 10.1. The number of para-hydroxylation sites is 1. The summed E-state index contributed by atoms with van der Waals surface area (Å²) in [6.45, 7) is 0.0826. The zero-order valence-corrected chi connectivity index (χ0v) is 16.2. The molecule has 0 fully saturated rings. The molecule has 0 saturated heterocycles. The molecule has 2 aromatic rings. The van der Waals surface area contributed by atoms with Gasteiger partial charge in [-0.1, -0.05) is 12.1 Å². The first-order valence-corrected chi connectivity index (χ1v) is 7.40. The van der Waals surface area contributed by atoms with Crippen molar-refractivity contribution in [3.63, 3.8) is 0 Å². The maximum atomic E-state index is 12.8. The zero-order valence-electron chi connectivity index (χ0n) is 13.9. The molecule has 26 heavy (non-hydrogen) atoms. The molecule has 2 rings (SSSR count). The molecule has 0 amide bonds. The van der Waals surface area contributed by atoms with E-state index in [0.717, 1.165) is 6.07 Å². The number of guanidine groups is 1. The van der Waals surface area contributed by atoms with Crippen molar-refractivity contribution in [2.75, 3.05) is 25.6 Å². The number of halogens is 4. The monoisotopic (exact) mass is 481 g/mol. The summed E-state index contributed by atoms with van der Waals surface area (Å²) in [6.07, 6.45) is -4.46. The minimum Gasteiger partial charge on any atom is -0.497 e. The molecular formula is C17H19F3IN3O2. The van der Waals surface area contributed by atoms with Crippen LogP contribution in [0.5, 0.6) is 11.5 Å². The lowest BCUT2D eigenvalue weighted by Gasteiger charge is -2.13. The van der Waals surface area contributed by atoms with Crippen LogP contribution in [0, 0.1) is 0 Å². The van der Waals surface area contributed by atoms with Gasteiger partial charge < -0.3 is 20.5 Å². The largest absolute Gasteiger partial charge is 0.497 e. The molecule has 5 nitrogen and oxygen atoms in total. The molecule has 142 valence electrons. The zero-order chi connectivity index (χ0) is 18.3. The summed E-state index contributed by atoms with van der Waals surface area (Å²) in [6, 6.07) is 12.1. The van der Waals surface area contributed by atoms with Crippen LogP contribution in [-0.2, 0) is 6.18 Å². The van der Waals surface area contributed by atoms with Gasteiger partial charge in [0.05, 0.1) is 19.2 Å². The average molecular weight is 481 g/mol. The van der Waals surface area contributed by atoms with Crippen LogP contribution in [0.1, 0.15) is 5.56 Å². The van der Waals surface area contributed by atoms with Gasteiger partial charge in [-0.05, 0) is 36.4 Å². The van der Waals surface area contributed by atoms with Crippen molar-refractivity contribution < 1.29 is 22.6 Å². The Labute approximate surface area is 166 Å². The average Bonchev–Trinajstić information content (AvgIpc) is 2.59. The summed E-state index contributed by atoms with van der Waals surface area (Å²) in [4.78, 5) is 4.01. The van der Waals surface area contributed by atoms with Gasteiger partial charge in [-0.3, -0.25) is 0 Å². The molecule has 2 aromatic carbocycles. The molecule has 0 aromatic heterocycles. The molecule has 9 heteroatoms. The molecule has 0 radical (unpaired) electrons. The van der Waals surface area contributed by atoms with Crippen molar-refractivity contribution in [3.8, 4) is 11.5 Å². The summed E-state index contributed by atoms with van der Waals surface area (Å²) in [5.74, 6) is 0.613. The predicted octanol–water partition coefficient (Wildman–Crippen LogP) is 4.14. The Morgan fingerprint density at radius 2 is 1.77 bits per heavy atom. The molecule has 0 saturated carbocycles. The third-order valence-electron chi connectivity index (χ3n) is 3.19. The van der Waals surface area contributed by atoms with E-state index in [1.54, 1.807) is 31.4 Å². The lowest BCUT2D eigenvalue weighted by Crippen LogP contribution is -2.23. The van der Waals surface area contributed by atoms with Gasteiger partial charge in [-0.15, -0.1) is 24.0 Å². The van der Waals surface area contributed by atoms with Gasteiger partial charge in [0.1, 0.15) is 18.1 Å². The molecule has 0 aliphatic heterocycles. The maximum absolute atomic E-state index is 12.8. The fourth-order valence-corrected chi connectivity index (χ4v) is 2.01. The molecule has 0 heterocycles. The Hall–Kier alpha value is -2.17. The van der Waals surface area contributed by atoms with E-state index in [4.69, 9.17) is 15.2 Å². The van der Waals surface area contributed by atoms with Crippen molar-refractivity contribution in [1.29, 1.82) is 0 Å². The number of hydrogen-bond donors (Lipinski definition) is 2. The van der Waals surface area contributed by atoms with Gasteiger partial charge in [-0.25, -0.2) is 4.99 Å². The summed E-state index contributed by atoms with van der Waals surface area (Å²) >= 11 is 0. The number of methoxy groups -OCH3 is 1. The second-order valence-corrected chi connectivity index (χ2v) is 4.96. The lowest BCUT2D eigenvalue weighted by molar-refractivity contribution is -0.138. The quantitative estimate of drug-likeness (QED) is 0.282. The number of nitrogens with one attached hydrogen (secondary N) is 1. The van der Waals surface area contributed by atoms with Gasteiger partial charge in [0.15, 0.2) is 5.96 Å². The number of benzene rings is 2. The molecule has 0 atom stereocenters. The van der Waals surface area contributed by atoms with Crippen LogP contribution >= 0.6 is 24.0 Å². The first-order valence-electron chi connectivity index (χ1n) is 7.40. The van der Waals surface area contributed by atoms with E-state index >= 15 is 0 Å². The molecule has 0 spiro atoms. The van der Waals surface area contributed by atoms with Crippen molar-refractivity contribution in [1.82, 2.24) is 0 Å². The normalized spacial score (nSPS) is 11.5. The third-order valence-corrected chi connectivity index (χ3v) is 3.19. The van der Waals surface area contributed by atoms with E-state index in [9.17, 15) is 13.2 Å². The predicted molar refractivity (Wildman–Crippen MR) is 105 cm³/mol. The Balaban J connectivity index is 0.00000338. The van der Waals surface area contributed by atoms with Crippen LogP contribution in [-0.4, -0.2) is 26.2 Å². The number of nitrogens with zero attached hydrogens (tertiary/aromatic N) is 1. The molecule has 3 N–H and O–H groups in total. The number of rotatable bonds is 6. The number of hydrogen-bond acceptors (Lipinski definition) is 3. The van der Waals surface area contributed by atoms with Gasteiger partial charge in [0.2, 0.25) is 0 Å². The van der Waals surface area contributed by atoms with Gasteiger partial charge in [0, 0.05) is 5.69 Å². The summed E-state index contributed by atoms with van der Waals surface area (Å²) in [7, 11) is 1.56. The van der Waals surface area contributed by atoms with Crippen LogP contribution in [0.15, 0.2) is 53.5 Å². The molecule has 0 aliphatic carbocycles. The number of alkyl halides is 3. The van der Waals surface area contributed by atoms with Crippen LogP contribution < -0.4 is 20.5 Å². The van der Waals surface area contributed by atoms with Gasteiger partial charge >= 0.3 is 6.18 Å². The van der Waals surface area contributed by atoms with Crippen LogP contribution in [0.4, 0.5) is 18.9 Å². The second-order valence-electron chi connectivity index (χ2n) is 4.96. The van der Waals surface area contributed by atoms with Crippen molar-refractivity contribution in [2.24, 2.45) is 10.7 Å². The van der Waals surface area contributed by atoms with E-state index in [-0.39, 0.29) is 48.8 Å². The Morgan fingerprint density at radius 1 is 1.12 bits per heavy atom. The van der Waals surface area contributed by atoms with Crippen LogP contribution in [0.25, 0.3) is 0 Å². The number of anilines is 1. The Morgan fingerprint density at radius 3 is 2.38 bits per heavy atom. The highest BCUT2D eigenvalue weighted by molar-refractivity contribution is 14.0. The van der Waals surface area contributed by atoms with Gasteiger partial charge in [0.25, 0.3) is 0 Å². The number of ether oxygens (including phenoxy) is 2. The van der Waals surface area contributed by atoms with Crippen LogP contribution in [0.3, 0.4) is 0 Å². The minimum absolute atomic E-state index is 0. The third kappa shape index (κ3) is 6.62. The summed E-state index contributed by atoms with van der Waals surface area (Å²) in [5, 5.41) is 2.86. The van der Waals surface area contributed by atoms with E-state index in [0.29, 0.717) is 11.4 Å². The smallest absolute Gasteiger partial charge is 0.419 e. The molecular weight excluding hydrogens is 462 g/mol. The highest BCUT2D eigenvalue weighted by Gasteiger charge is 2.33. The maximum Gasteiger partial charge on any atom is 0.419 e. The van der Waals surface area contributed by atoms with E-state index in [1.165, 1.54) is 18.2 Å². The molecule has 0 unspecified atom stereocenters. The van der Waals surface area contributed by atoms with Crippen molar-refractivity contribution in [2.45, 2.75) is 6.18 Å². The summed E-state index contributed by atoms with van der Waals surface area (Å²) < 4.78 is 48.7. The van der Waals surface area contributed by atoms with Gasteiger partial charge in [-0.2, -0.15) is 13.2 Å². The fourth-order valence-electron chi connectivity index (χ4n) is 2.01. The highest BCUT2D eigenvalue weighted by atomic mass is 127. The number of nitrogens with two attached hydrogens (primary N) is 1. The number of aliphatic imine (C=N–C) groups is 1. The molecule has 0 aliphatic rings. The highest BCUT2D eigenvalue weighted by Crippen LogP contribution is 2.35. The topological polar surface area (TPSA) is 68.9 Å². The lowest BCUT2D eigenvalue weighted by atomic mass is 10.2. The van der Waals surface area contributed by atoms with Crippen molar-refractivity contribution >= 4 is 35.6 Å². The SMILES string of the molecule is COc1ccc(NC(N)=NCCOc2ccccc2C(F)(F)F)cc1.I. The van der Waals surface area contributed by atoms with Crippen molar-refractivity contribution in [3.05, 3.63) is 54.1 Å². The first kappa shape index (κ1) is 21.9. The Kier molecular flexibility index (Phi) is 8.49.